The van der Waals surface area contributed by atoms with Crippen LogP contribution >= 0.6 is 11.6 Å². The first-order chi connectivity index (χ1) is 18.5. The summed E-state index contributed by atoms with van der Waals surface area (Å²) in [7, 11) is 0. The third-order valence-electron chi connectivity index (χ3n) is 5.97. The van der Waals surface area contributed by atoms with Gasteiger partial charge in [-0.3, -0.25) is 11.1 Å². The van der Waals surface area contributed by atoms with E-state index in [1.165, 1.54) is 24.9 Å². The molecular weight excluding hydrogens is 529 g/mol. The summed E-state index contributed by atoms with van der Waals surface area (Å²) < 4.78 is 51.4. The third kappa shape index (κ3) is 14.4. The number of amidine groups is 1. The van der Waals surface area contributed by atoms with Gasteiger partial charge in [-0.05, 0) is 37.5 Å². The Morgan fingerprint density at radius 1 is 1.10 bits per heavy atom. The monoisotopic (exact) mass is 575 g/mol. The number of benzene rings is 1. The third-order valence-corrected chi connectivity index (χ3v) is 5.97. The fraction of sp³-hybridized carbons (Fsp3) is 0.621. The van der Waals surface area contributed by atoms with Crippen molar-refractivity contribution in [3.8, 4) is 17.1 Å². The lowest BCUT2D eigenvalue weighted by atomic mass is 10.1. The molecule has 4 N–H and O–H groups in total. The van der Waals surface area contributed by atoms with E-state index in [4.69, 9.17) is 20.4 Å². The number of nitrogens with two attached hydrogens (primary N) is 2. The number of rotatable bonds is 14. The molecule has 2 aromatic rings. The maximum atomic E-state index is 13.6. The first-order valence-corrected chi connectivity index (χ1v) is 14.4. The highest BCUT2D eigenvalue weighted by Gasteiger charge is 2.35. The molecule has 1 heterocycles. The van der Waals surface area contributed by atoms with Crippen LogP contribution in [-0.2, 0) is 6.18 Å². The number of allylic oxidation sites excluding steroid dienone is 2. The predicted octanol–water partition coefficient (Wildman–Crippen LogP) is 7.57. The van der Waals surface area contributed by atoms with E-state index < -0.39 is 11.7 Å². The van der Waals surface area contributed by atoms with Crippen molar-refractivity contribution in [3.63, 3.8) is 0 Å². The van der Waals surface area contributed by atoms with E-state index in [0.29, 0.717) is 17.6 Å². The van der Waals surface area contributed by atoms with E-state index >= 15 is 0 Å². The molecule has 0 amide bonds. The van der Waals surface area contributed by atoms with E-state index in [2.05, 4.69) is 35.6 Å². The Kier molecular flexibility index (Phi) is 19.0. The van der Waals surface area contributed by atoms with Crippen LogP contribution in [0.4, 0.5) is 13.2 Å². The average molecular weight is 576 g/mol. The van der Waals surface area contributed by atoms with Crippen molar-refractivity contribution >= 4 is 17.4 Å². The minimum absolute atomic E-state index is 0.104. The second kappa shape index (κ2) is 20.4. The summed E-state index contributed by atoms with van der Waals surface area (Å²) in [6, 6.07) is 3.90. The van der Waals surface area contributed by atoms with Crippen molar-refractivity contribution in [2.75, 3.05) is 13.0 Å². The average Bonchev–Trinajstić information content (AvgIpc) is 3.42. The van der Waals surface area contributed by atoms with Gasteiger partial charge in [-0.2, -0.15) is 18.2 Å². The van der Waals surface area contributed by atoms with Crippen LogP contribution in [0.2, 0.25) is 0 Å². The van der Waals surface area contributed by atoms with E-state index in [9.17, 15) is 13.2 Å². The van der Waals surface area contributed by atoms with Gasteiger partial charge < -0.3 is 9.26 Å². The van der Waals surface area contributed by atoms with Crippen molar-refractivity contribution in [3.05, 3.63) is 41.8 Å². The molecule has 1 aromatic heterocycles. The van der Waals surface area contributed by atoms with Gasteiger partial charge in [-0.25, -0.2) is 0 Å². The zero-order chi connectivity index (χ0) is 29.8. The van der Waals surface area contributed by atoms with E-state index in [1.807, 2.05) is 32.9 Å². The van der Waals surface area contributed by atoms with Crippen LogP contribution in [0, 0.1) is 5.92 Å². The number of aromatic nitrogens is 2. The summed E-state index contributed by atoms with van der Waals surface area (Å²) in [4.78, 5) is 4.26. The summed E-state index contributed by atoms with van der Waals surface area (Å²) in [5.74, 6) is 1.15. The van der Waals surface area contributed by atoms with Crippen LogP contribution in [0.1, 0.15) is 103 Å². The predicted molar refractivity (Wildman–Crippen MR) is 154 cm³/mol. The van der Waals surface area contributed by atoms with Gasteiger partial charge in [0.2, 0.25) is 17.6 Å². The molecule has 0 spiro atoms. The molecule has 0 aliphatic carbocycles. The van der Waals surface area contributed by atoms with Crippen molar-refractivity contribution in [1.82, 2.24) is 10.1 Å². The highest BCUT2D eigenvalue weighted by atomic mass is 35.5. The number of unbranched alkanes of at least 4 members (excludes halogenated alkanes) is 5. The summed E-state index contributed by atoms with van der Waals surface area (Å²) >= 11 is 4.64. The minimum Gasteiger partial charge on any atom is -0.493 e. The number of nitrogens with zero attached hydrogens (tertiary/aromatic N) is 2. The topological polar surface area (TPSA) is 99.8 Å². The summed E-state index contributed by atoms with van der Waals surface area (Å²) in [6.07, 6.45) is 9.02. The van der Waals surface area contributed by atoms with E-state index in [-0.39, 0.29) is 29.7 Å². The van der Waals surface area contributed by atoms with Crippen LogP contribution in [0.25, 0.3) is 11.4 Å². The molecule has 2 atom stereocenters. The van der Waals surface area contributed by atoms with Crippen LogP contribution in [-0.4, -0.2) is 29.0 Å². The molecule has 0 saturated carbocycles. The zero-order valence-corrected chi connectivity index (χ0v) is 25.0. The smallest absolute Gasteiger partial charge is 0.419 e. The molecule has 39 heavy (non-hydrogen) atoms. The summed E-state index contributed by atoms with van der Waals surface area (Å²) in [6.45, 7) is 10.4. The Bertz CT molecular complexity index is 964. The molecule has 0 bridgehead atoms. The van der Waals surface area contributed by atoms with Crippen LogP contribution in [0.15, 0.2) is 34.9 Å². The molecular formula is C29H47ClF3N4O2+. The van der Waals surface area contributed by atoms with Gasteiger partial charge in [0.05, 0.1) is 24.0 Å². The Morgan fingerprint density at radius 3 is 2.28 bits per heavy atom. The molecule has 1 aromatic carbocycles. The fourth-order valence-corrected chi connectivity index (χ4v) is 3.28. The second-order valence-electron chi connectivity index (χ2n) is 9.22. The highest BCUT2D eigenvalue weighted by molar-refractivity contribution is 6.15. The molecule has 6 nitrogen and oxygen atoms in total. The van der Waals surface area contributed by atoms with Crippen molar-refractivity contribution in [1.29, 1.82) is 0 Å². The minimum atomic E-state index is -4.53. The summed E-state index contributed by atoms with van der Waals surface area (Å²) in [5, 5.41) is 9.09. The number of hydrogen-bond donors (Lipinski definition) is 2. The lowest BCUT2D eigenvalue weighted by molar-refractivity contribution is -0.139. The number of ether oxygens (including phenoxy) is 1. The maximum absolute atomic E-state index is 13.6. The van der Waals surface area contributed by atoms with Gasteiger partial charge in [0.15, 0.2) is 0 Å². The number of alkyl halides is 4. The van der Waals surface area contributed by atoms with Crippen LogP contribution < -0.4 is 15.9 Å². The Balaban J connectivity index is 0.00000139. The number of halogens is 4. The van der Waals surface area contributed by atoms with Crippen LogP contribution in [0.3, 0.4) is 0 Å². The molecule has 10 heteroatoms. The standard InChI is InChI=1S/C23H31F3N2O2.C5H12N2.CH3Cl/c1-4-6-8-9-10-11-15-29-20-14-13-18(16-19(20)23(24,25)26)21-27-22(30-28-21)17(3)12-7-5-2;1-3-4(2)5(6)7;1-2/h7,12-14,16-17H,4-6,8-11,15H2,1-3H3;4H,3H2,1-2H3,(H3,6,7);1H3/p+1/b12-7-;;. The van der Waals surface area contributed by atoms with Crippen molar-refractivity contribution < 1.29 is 27.8 Å². The zero-order valence-electron chi connectivity index (χ0n) is 24.3. The SMILES string of the molecule is CC/C=C\C(C)c1nc(-c2ccc(OCCCCCCCC)c(C(F)(F)F)c2)no1.CCC(C)C(N)=[NH2+].CCl. The van der Waals surface area contributed by atoms with E-state index in [1.54, 1.807) is 0 Å². The number of hydrogen-bond acceptors (Lipinski definition) is 4. The quantitative estimate of drug-likeness (QED) is 0.0795. The molecule has 2 rings (SSSR count). The molecule has 0 saturated heterocycles. The van der Waals surface area contributed by atoms with Gasteiger partial charge in [0.1, 0.15) is 5.75 Å². The Labute approximate surface area is 237 Å². The lowest BCUT2D eigenvalue weighted by Crippen LogP contribution is -2.49. The second-order valence-corrected chi connectivity index (χ2v) is 9.22. The first-order valence-electron chi connectivity index (χ1n) is 13.6. The van der Waals surface area contributed by atoms with Crippen molar-refractivity contribution in [2.24, 2.45) is 11.7 Å². The molecule has 2 unspecified atom stereocenters. The molecule has 0 fully saturated rings. The lowest BCUT2D eigenvalue weighted by Gasteiger charge is -2.14. The molecule has 0 aliphatic heterocycles. The van der Waals surface area contributed by atoms with Crippen molar-refractivity contribution in [2.45, 2.75) is 98.1 Å². The van der Waals surface area contributed by atoms with Gasteiger partial charge in [0, 0.05) is 11.9 Å². The van der Waals surface area contributed by atoms with Gasteiger partial charge in [0.25, 0.3) is 0 Å². The fourth-order valence-electron chi connectivity index (χ4n) is 3.28. The molecule has 0 radical (unpaired) electrons. The summed E-state index contributed by atoms with van der Waals surface area (Å²) in [5.41, 5.74) is 4.66. The van der Waals surface area contributed by atoms with E-state index in [0.717, 1.165) is 51.0 Å². The normalized spacial score (nSPS) is 12.7. The molecule has 222 valence electrons. The van der Waals surface area contributed by atoms with Gasteiger partial charge in [-0.15, -0.1) is 11.6 Å². The first kappa shape index (κ1) is 36.4. The van der Waals surface area contributed by atoms with Crippen LogP contribution in [0.5, 0.6) is 5.75 Å². The van der Waals surface area contributed by atoms with Gasteiger partial charge >= 0.3 is 6.18 Å². The Morgan fingerprint density at radius 2 is 1.74 bits per heavy atom. The Hall–Kier alpha value is -2.55. The van der Waals surface area contributed by atoms with Gasteiger partial charge in [-0.1, -0.05) is 84.0 Å². The molecule has 0 aliphatic rings. The largest absolute Gasteiger partial charge is 0.493 e. The maximum Gasteiger partial charge on any atom is 0.419 e. The highest BCUT2D eigenvalue weighted by Crippen LogP contribution is 2.38.